The van der Waals surface area contributed by atoms with Crippen LogP contribution in [-0.4, -0.2) is 5.92 Å². The van der Waals surface area contributed by atoms with Crippen molar-refractivity contribution in [3.05, 3.63) is 76.9 Å². The quantitative estimate of drug-likeness (QED) is 0.556. The third-order valence-electron chi connectivity index (χ3n) is 4.72. The summed E-state index contributed by atoms with van der Waals surface area (Å²) >= 11 is 0. The first-order chi connectivity index (χ1) is 12.1. The average molecular weight is 336 g/mol. The highest BCUT2D eigenvalue weighted by Crippen LogP contribution is 2.40. The zero-order chi connectivity index (χ0) is 17.7. The van der Waals surface area contributed by atoms with E-state index < -0.39 is 5.92 Å². The molecule has 0 aromatic heterocycles. The van der Waals surface area contributed by atoms with E-state index in [2.05, 4.69) is 17.9 Å². The molecule has 0 saturated heterocycles. The zero-order valence-corrected chi connectivity index (χ0v) is 14.4. The first-order valence-electron chi connectivity index (χ1n) is 8.78. The highest BCUT2D eigenvalue weighted by Gasteiger charge is 2.35. The number of allylic oxidation sites excluding steroid dienone is 1. The molecule has 0 atom stereocenters. The van der Waals surface area contributed by atoms with E-state index in [0.717, 1.165) is 22.3 Å². The topological polar surface area (TPSA) is 0 Å². The van der Waals surface area contributed by atoms with Crippen molar-refractivity contribution in [3.63, 3.8) is 0 Å². The van der Waals surface area contributed by atoms with Crippen LogP contribution >= 0.6 is 0 Å². The zero-order valence-electron chi connectivity index (χ0n) is 14.4. The fourth-order valence-corrected chi connectivity index (χ4v) is 3.23. The fourth-order valence-electron chi connectivity index (χ4n) is 3.23. The molecule has 0 N–H and O–H groups in total. The normalized spacial score (nSPS) is 17.2. The van der Waals surface area contributed by atoms with Gasteiger partial charge in [0.1, 0.15) is 0 Å². The number of benzene rings is 2. The Kier molecular flexibility index (Phi) is 5.34. The lowest BCUT2D eigenvalue weighted by molar-refractivity contribution is -0.0382. The molecule has 25 heavy (non-hydrogen) atoms. The Morgan fingerprint density at radius 2 is 1.40 bits per heavy atom. The van der Waals surface area contributed by atoms with Crippen LogP contribution in [0.3, 0.4) is 0 Å². The molecule has 2 aromatic carbocycles. The number of rotatable bonds is 2. The van der Waals surface area contributed by atoms with Gasteiger partial charge >= 0.3 is 0 Å². The van der Waals surface area contributed by atoms with Crippen LogP contribution in [0.4, 0.5) is 8.78 Å². The van der Waals surface area contributed by atoms with Crippen molar-refractivity contribution in [2.45, 2.75) is 44.4 Å². The summed E-state index contributed by atoms with van der Waals surface area (Å²) in [5, 5.41) is 0. The Balaban J connectivity index is 1.65. The van der Waals surface area contributed by atoms with E-state index in [1.54, 1.807) is 0 Å². The average Bonchev–Trinajstić information content (AvgIpc) is 2.62. The van der Waals surface area contributed by atoms with E-state index in [9.17, 15) is 8.78 Å². The van der Waals surface area contributed by atoms with E-state index in [0.29, 0.717) is 12.8 Å². The largest absolute Gasteiger partial charge is 0.248 e. The highest BCUT2D eigenvalue weighted by atomic mass is 19.3. The highest BCUT2D eigenvalue weighted by molar-refractivity contribution is 5.52. The third-order valence-corrected chi connectivity index (χ3v) is 4.72. The maximum atomic E-state index is 13.3. The van der Waals surface area contributed by atoms with Crippen LogP contribution in [0.5, 0.6) is 0 Å². The van der Waals surface area contributed by atoms with Crippen LogP contribution < -0.4 is 0 Å². The predicted octanol–water partition coefficient (Wildman–Crippen LogP) is 6.41. The smallest absolute Gasteiger partial charge is 0.207 e. The molecule has 3 rings (SSSR count). The summed E-state index contributed by atoms with van der Waals surface area (Å²) in [4.78, 5) is 0. The minimum atomic E-state index is -2.47. The molecule has 1 saturated carbocycles. The standard InChI is InChI=1S/C23H22F2/c1-2-3-18-4-6-19(7-5-18)8-9-20-10-12-21(13-11-20)22-14-16-23(24,25)17-15-22/h2-7,10-13,22H,14-17H2,1H3/b3-2+. The number of halogens is 2. The second-order valence-electron chi connectivity index (χ2n) is 6.62. The maximum absolute atomic E-state index is 13.3. The lowest BCUT2D eigenvalue weighted by Gasteiger charge is -2.28. The number of hydrogen-bond donors (Lipinski definition) is 0. The first-order valence-corrected chi connectivity index (χ1v) is 8.78. The van der Waals surface area contributed by atoms with Crippen LogP contribution in [-0.2, 0) is 0 Å². The summed E-state index contributed by atoms with van der Waals surface area (Å²) in [6, 6.07) is 16.2. The Morgan fingerprint density at radius 3 is 1.92 bits per heavy atom. The van der Waals surface area contributed by atoms with Crippen molar-refractivity contribution in [2.24, 2.45) is 0 Å². The monoisotopic (exact) mass is 336 g/mol. The van der Waals surface area contributed by atoms with Crippen LogP contribution in [0.15, 0.2) is 54.6 Å². The van der Waals surface area contributed by atoms with Gasteiger partial charge in [0, 0.05) is 24.0 Å². The maximum Gasteiger partial charge on any atom is 0.248 e. The minimum Gasteiger partial charge on any atom is -0.207 e. The molecule has 2 heteroatoms. The Bertz CT molecular complexity index is 777. The molecule has 0 unspecified atom stereocenters. The lowest BCUT2D eigenvalue weighted by Crippen LogP contribution is -2.23. The van der Waals surface area contributed by atoms with E-state index in [4.69, 9.17) is 0 Å². The fraction of sp³-hybridized carbons (Fsp3) is 0.304. The summed E-state index contributed by atoms with van der Waals surface area (Å²) in [5.41, 5.74) is 4.24. The van der Waals surface area contributed by atoms with Gasteiger partial charge in [-0.25, -0.2) is 8.78 Å². The molecule has 1 fully saturated rings. The Labute approximate surface area is 148 Å². The molecular formula is C23H22F2. The van der Waals surface area contributed by atoms with Gasteiger partial charge < -0.3 is 0 Å². The lowest BCUT2D eigenvalue weighted by atomic mass is 9.82. The molecule has 2 aromatic rings. The van der Waals surface area contributed by atoms with Gasteiger partial charge in [-0.1, -0.05) is 48.3 Å². The van der Waals surface area contributed by atoms with E-state index >= 15 is 0 Å². The Morgan fingerprint density at radius 1 is 0.880 bits per heavy atom. The number of hydrogen-bond acceptors (Lipinski definition) is 0. The van der Waals surface area contributed by atoms with Gasteiger partial charge in [0.15, 0.2) is 0 Å². The van der Waals surface area contributed by atoms with Crippen molar-refractivity contribution < 1.29 is 8.78 Å². The Hall–Kier alpha value is -2.40. The molecular weight excluding hydrogens is 314 g/mol. The first kappa shape index (κ1) is 17.4. The molecule has 0 spiro atoms. The van der Waals surface area contributed by atoms with Crippen molar-refractivity contribution in [3.8, 4) is 11.8 Å². The van der Waals surface area contributed by atoms with Gasteiger partial charge in [0.05, 0.1) is 0 Å². The second kappa shape index (κ2) is 7.66. The van der Waals surface area contributed by atoms with Gasteiger partial charge in [-0.05, 0) is 61.1 Å². The third kappa shape index (κ3) is 4.79. The molecule has 1 aliphatic carbocycles. The summed E-state index contributed by atoms with van der Waals surface area (Å²) < 4.78 is 26.5. The second-order valence-corrected chi connectivity index (χ2v) is 6.62. The van der Waals surface area contributed by atoms with Gasteiger partial charge in [0.2, 0.25) is 5.92 Å². The molecule has 0 nitrogen and oxygen atoms in total. The number of alkyl halides is 2. The van der Waals surface area contributed by atoms with Crippen molar-refractivity contribution >= 4 is 6.08 Å². The van der Waals surface area contributed by atoms with Crippen LogP contribution in [0.2, 0.25) is 0 Å². The van der Waals surface area contributed by atoms with E-state index in [-0.39, 0.29) is 18.8 Å². The van der Waals surface area contributed by atoms with Crippen LogP contribution in [0, 0.1) is 11.8 Å². The molecule has 0 heterocycles. The molecule has 0 aliphatic heterocycles. The summed E-state index contributed by atoms with van der Waals surface area (Å²) in [5.74, 6) is 4.12. The van der Waals surface area contributed by atoms with E-state index in [1.807, 2.05) is 61.5 Å². The molecule has 1 aliphatic rings. The molecule has 128 valence electrons. The van der Waals surface area contributed by atoms with Gasteiger partial charge in [0.25, 0.3) is 0 Å². The van der Waals surface area contributed by atoms with Gasteiger partial charge in [-0.2, -0.15) is 0 Å². The van der Waals surface area contributed by atoms with Gasteiger partial charge in [-0.3, -0.25) is 0 Å². The molecule has 0 radical (unpaired) electrons. The van der Waals surface area contributed by atoms with Crippen molar-refractivity contribution in [1.82, 2.24) is 0 Å². The summed E-state index contributed by atoms with van der Waals surface area (Å²) in [6.45, 7) is 2.00. The van der Waals surface area contributed by atoms with Crippen molar-refractivity contribution in [2.75, 3.05) is 0 Å². The summed E-state index contributed by atoms with van der Waals surface area (Å²) in [7, 11) is 0. The summed E-state index contributed by atoms with van der Waals surface area (Å²) in [6.07, 6.45) is 5.20. The van der Waals surface area contributed by atoms with Gasteiger partial charge in [-0.15, -0.1) is 0 Å². The molecule has 0 amide bonds. The SMILES string of the molecule is C/C=C/c1ccc(C#Cc2ccc(C3CCC(F)(F)CC3)cc2)cc1. The minimum absolute atomic E-state index is 0.00242. The van der Waals surface area contributed by atoms with E-state index in [1.165, 1.54) is 0 Å². The van der Waals surface area contributed by atoms with Crippen LogP contribution in [0.1, 0.15) is 60.8 Å². The molecule has 0 bridgehead atoms. The predicted molar refractivity (Wildman–Crippen MR) is 99.7 cm³/mol. The van der Waals surface area contributed by atoms with Crippen LogP contribution in [0.25, 0.3) is 6.08 Å². The van der Waals surface area contributed by atoms with Crippen molar-refractivity contribution in [1.29, 1.82) is 0 Å².